The Labute approximate surface area is 41.0 Å². The van der Waals surface area contributed by atoms with Crippen LogP contribution in [0.3, 0.4) is 0 Å². The van der Waals surface area contributed by atoms with Crippen molar-refractivity contribution in [3.63, 3.8) is 0 Å². The zero-order valence-corrected chi connectivity index (χ0v) is 4.02. The molecule has 0 radical (unpaired) electrons. The average molecular weight is 106 g/mol. The summed E-state index contributed by atoms with van der Waals surface area (Å²) in [5.74, 6) is 0. The zero-order valence-electron chi connectivity index (χ0n) is 4.02. The summed E-state index contributed by atoms with van der Waals surface area (Å²) in [6, 6.07) is -1.46. The summed E-state index contributed by atoms with van der Waals surface area (Å²) in [6.45, 7) is 1.36. The first kappa shape index (κ1) is 6.56. The number of hydrogen-bond acceptors (Lipinski definition) is 2. The molecule has 0 saturated heterocycles. The Morgan fingerprint density at radius 3 is 2.43 bits per heavy atom. The monoisotopic (exact) mass is 106 g/mol. The van der Waals surface area contributed by atoms with E-state index >= 15 is 0 Å². The van der Waals surface area contributed by atoms with Crippen LogP contribution < -0.4 is 0 Å². The van der Waals surface area contributed by atoms with E-state index in [1.165, 1.54) is 6.92 Å². The van der Waals surface area contributed by atoms with Crippen molar-refractivity contribution < 1.29 is 14.3 Å². The minimum atomic E-state index is -1.46. The van der Waals surface area contributed by atoms with Gasteiger partial charge in [0.15, 0.2) is 0 Å². The lowest BCUT2D eigenvalue weighted by molar-refractivity contribution is -0.131. The predicted molar refractivity (Wildman–Crippen MR) is 22.4 cm³/mol. The van der Waals surface area contributed by atoms with E-state index in [2.05, 4.69) is 0 Å². The average Bonchev–Trinajstić information content (AvgIpc) is 1.27. The summed E-state index contributed by atoms with van der Waals surface area (Å²) >= 11 is 0. The highest BCUT2D eigenvalue weighted by Gasteiger charge is 2.01. The Bertz CT molecular complexity index is 70.1. The second kappa shape index (κ2) is 2.69. The summed E-state index contributed by atoms with van der Waals surface area (Å²) in [5.41, 5.74) is 0. The molecule has 42 valence electrons. The van der Waals surface area contributed by atoms with E-state index in [4.69, 9.17) is 5.11 Å². The smallest absolute Gasteiger partial charge is 0.304 e. The molecule has 0 heterocycles. The molecular formula is C4H7FO2. The molecule has 1 atom stereocenters. The number of aliphatic hydroxyl groups is 1. The fourth-order valence-electron chi connectivity index (χ4n) is 0.232. The summed E-state index contributed by atoms with van der Waals surface area (Å²) in [7, 11) is 0. The molecule has 0 bridgehead atoms. The number of halogens is 1. The largest absolute Gasteiger partial charge is 0.393 e. The molecule has 0 aromatic carbocycles. The maximum atomic E-state index is 11.2. The van der Waals surface area contributed by atoms with Gasteiger partial charge >= 0.3 is 6.04 Å². The van der Waals surface area contributed by atoms with Crippen molar-refractivity contribution in [2.45, 2.75) is 19.4 Å². The number of hydrogen-bond donors (Lipinski definition) is 1. The lowest BCUT2D eigenvalue weighted by atomic mass is 10.3. The number of aliphatic hydroxyl groups excluding tert-OH is 1. The van der Waals surface area contributed by atoms with Gasteiger partial charge in [0, 0.05) is 0 Å². The molecule has 0 unspecified atom stereocenters. The number of carbonyl (C=O) groups excluding carboxylic acids is 1. The molecule has 0 fully saturated rings. The molecule has 0 aromatic heterocycles. The molecule has 0 aliphatic heterocycles. The Kier molecular flexibility index (Phi) is 2.52. The first-order valence-corrected chi connectivity index (χ1v) is 1.99. The second-order valence-electron chi connectivity index (χ2n) is 1.41. The summed E-state index contributed by atoms with van der Waals surface area (Å²) < 4.78 is 11.2. The number of carbonyl (C=O) groups is 1. The molecule has 2 nitrogen and oxygen atoms in total. The van der Waals surface area contributed by atoms with Gasteiger partial charge in [0.25, 0.3) is 0 Å². The summed E-state index contributed by atoms with van der Waals surface area (Å²) in [6.07, 6.45) is -1.24. The van der Waals surface area contributed by atoms with E-state index in [0.717, 1.165) is 0 Å². The maximum Gasteiger partial charge on any atom is 0.304 e. The van der Waals surface area contributed by atoms with Gasteiger partial charge in [-0.25, -0.2) is 0 Å². The van der Waals surface area contributed by atoms with E-state index in [0.29, 0.717) is 0 Å². The van der Waals surface area contributed by atoms with E-state index in [-0.39, 0.29) is 6.42 Å². The predicted octanol–water partition coefficient (Wildman–Crippen LogP) is 0.253. The molecule has 0 rings (SSSR count). The van der Waals surface area contributed by atoms with Gasteiger partial charge < -0.3 is 5.11 Å². The molecule has 0 aliphatic rings. The molecule has 1 N–H and O–H groups in total. The molecule has 0 aliphatic carbocycles. The normalized spacial score (nSPS) is 13.6. The topological polar surface area (TPSA) is 37.3 Å². The Morgan fingerprint density at radius 1 is 2.00 bits per heavy atom. The van der Waals surface area contributed by atoms with Crippen LogP contribution in [0.5, 0.6) is 0 Å². The van der Waals surface area contributed by atoms with Gasteiger partial charge in [-0.1, -0.05) is 0 Å². The zero-order chi connectivity index (χ0) is 5.86. The van der Waals surface area contributed by atoms with Gasteiger partial charge in [0.2, 0.25) is 0 Å². The summed E-state index contributed by atoms with van der Waals surface area (Å²) in [5, 5.41) is 8.26. The molecule has 0 aromatic rings. The minimum Gasteiger partial charge on any atom is -0.393 e. The van der Waals surface area contributed by atoms with Gasteiger partial charge in [0.1, 0.15) is 0 Å². The van der Waals surface area contributed by atoms with Crippen molar-refractivity contribution in [2.24, 2.45) is 0 Å². The van der Waals surface area contributed by atoms with E-state index < -0.39 is 12.1 Å². The van der Waals surface area contributed by atoms with Crippen LogP contribution in [0.15, 0.2) is 0 Å². The van der Waals surface area contributed by atoms with Crippen molar-refractivity contribution in [2.75, 3.05) is 0 Å². The molecular weight excluding hydrogens is 99.0 g/mol. The third-order valence-electron chi connectivity index (χ3n) is 0.456. The van der Waals surface area contributed by atoms with Crippen LogP contribution >= 0.6 is 0 Å². The van der Waals surface area contributed by atoms with Gasteiger partial charge in [-0.2, -0.15) is 4.39 Å². The second-order valence-corrected chi connectivity index (χ2v) is 1.41. The van der Waals surface area contributed by atoms with Crippen molar-refractivity contribution in [1.82, 2.24) is 0 Å². The van der Waals surface area contributed by atoms with Gasteiger partial charge in [-0.3, -0.25) is 4.79 Å². The van der Waals surface area contributed by atoms with Crippen molar-refractivity contribution >= 4 is 6.04 Å². The highest BCUT2D eigenvalue weighted by Crippen LogP contribution is 1.89. The van der Waals surface area contributed by atoms with Crippen LogP contribution in [0.25, 0.3) is 0 Å². The molecule has 0 spiro atoms. The van der Waals surface area contributed by atoms with Crippen LogP contribution in [-0.2, 0) is 4.79 Å². The SMILES string of the molecule is C[C@@H](O)CC(=O)F. The van der Waals surface area contributed by atoms with Gasteiger partial charge in [-0.15, -0.1) is 0 Å². The van der Waals surface area contributed by atoms with Crippen molar-refractivity contribution in [3.05, 3.63) is 0 Å². The van der Waals surface area contributed by atoms with Crippen LogP contribution in [0.1, 0.15) is 13.3 Å². The standard InChI is InChI=1S/C4H7FO2/c1-3(6)2-4(5)7/h3,6H,2H2,1H3/t3-/m1/s1. The fraction of sp³-hybridized carbons (Fsp3) is 0.750. The van der Waals surface area contributed by atoms with Gasteiger partial charge in [0.05, 0.1) is 12.5 Å². The van der Waals surface area contributed by atoms with E-state index in [1.54, 1.807) is 0 Å². The Hall–Kier alpha value is -0.440. The minimum absolute atomic E-state index is 0.389. The van der Waals surface area contributed by atoms with Crippen LogP contribution in [0.4, 0.5) is 4.39 Å². The summed E-state index contributed by atoms with van der Waals surface area (Å²) in [4.78, 5) is 9.43. The van der Waals surface area contributed by atoms with Crippen molar-refractivity contribution in [1.29, 1.82) is 0 Å². The van der Waals surface area contributed by atoms with Crippen molar-refractivity contribution in [3.8, 4) is 0 Å². The molecule has 3 heteroatoms. The highest BCUT2D eigenvalue weighted by atomic mass is 19.1. The Morgan fingerprint density at radius 2 is 2.43 bits per heavy atom. The quantitative estimate of drug-likeness (QED) is 0.512. The number of rotatable bonds is 2. The van der Waals surface area contributed by atoms with E-state index in [1.807, 2.05) is 0 Å². The van der Waals surface area contributed by atoms with Crippen LogP contribution in [0.2, 0.25) is 0 Å². The van der Waals surface area contributed by atoms with Crippen LogP contribution in [-0.4, -0.2) is 17.2 Å². The molecule has 7 heavy (non-hydrogen) atoms. The van der Waals surface area contributed by atoms with Gasteiger partial charge in [-0.05, 0) is 6.92 Å². The first-order valence-electron chi connectivity index (χ1n) is 1.99. The third-order valence-corrected chi connectivity index (χ3v) is 0.456. The van der Waals surface area contributed by atoms with Crippen LogP contribution in [0, 0.1) is 0 Å². The van der Waals surface area contributed by atoms with E-state index in [9.17, 15) is 9.18 Å². The maximum absolute atomic E-state index is 11.2. The Balaban J connectivity index is 3.13. The molecule has 0 saturated carbocycles. The third kappa shape index (κ3) is 5.56. The fourth-order valence-corrected chi connectivity index (χ4v) is 0.232. The lowest BCUT2D eigenvalue weighted by Crippen LogP contribution is -2.03. The lowest BCUT2D eigenvalue weighted by Gasteiger charge is -1.92. The first-order chi connectivity index (χ1) is 3.13. The highest BCUT2D eigenvalue weighted by molar-refractivity contribution is 5.68. The molecule has 0 amide bonds.